The number of thioether (sulfide) groups is 1. The van der Waals surface area contributed by atoms with Gasteiger partial charge in [-0.05, 0) is 83.5 Å². The number of amides is 3. The van der Waals surface area contributed by atoms with E-state index in [2.05, 4.69) is 26.0 Å². The number of nitrogens with zero attached hydrogens (tertiary/aromatic N) is 1. The van der Waals surface area contributed by atoms with E-state index in [0.29, 0.717) is 34.2 Å². The first kappa shape index (κ1) is 31.0. The Morgan fingerprint density at radius 3 is 2.52 bits per heavy atom. The number of nitrogens with one attached hydrogen (secondary N) is 1. The van der Waals surface area contributed by atoms with E-state index in [1.54, 1.807) is 26.0 Å². The van der Waals surface area contributed by atoms with Gasteiger partial charge in [-0.3, -0.25) is 19.3 Å². The number of carbonyl (C=O) groups is 5. The molecule has 14 heteroatoms. The van der Waals surface area contributed by atoms with Crippen LogP contribution in [0, 0.1) is 0 Å². The minimum atomic E-state index is -0.659. The molecule has 0 saturated carbocycles. The molecule has 40 heavy (non-hydrogen) atoms. The Hall–Kier alpha value is -3.55. The largest absolute Gasteiger partial charge is 0.490 e. The molecule has 2 aromatic rings. The third-order valence-electron chi connectivity index (χ3n) is 5.11. The Kier molecular flexibility index (Phi) is 11.0. The molecule has 0 spiro atoms. The van der Waals surface area contributed by atoms with Gasteiger partial charge < -0.3 is 24.3 Å². The molecule has 1 saturated heterocycles. The number of rotatable bonds is 11. The summed E-state index contributed by atoms with van der Waals surface area (Å²) in [5.74, 6) is -1.98. The first-order valence-electron chi connectivity index (χ1n) is 11.8. The number of halogens is 2. The topological polar surface area (TPSA) is 138 Å². The third kappa shape index (κ3) is 7.77. The van der Waals surface area contributed by atoms with Crippen LogP contribution in [0.4, 0.5) is 10.5 Å². The molecular weight excluding hydrogens is 632 g/mol. The molecule has 3 amide bonds. The second-order valence-electron chi connectivity index (χ2n) is 7.86. The van der Waals surface area contributed by atoms with Crippen molar-refractivity contribution in [1.29, 1.82) is 0 Å². The van der Waals surface area contributed by atoms with Crippen LogP contribution < -0.4 is 14.8 Å². The van der Waals surface area contributed by atoms with Gasteiger partial charge in [-0.2, -0.15) is 0 Å². The van der Waals surface area contributed by atoms with E-state index in [1.165, 1.54) is 31.4 Å². The van der Waals surface area contributed by atoms with Crippen LogP contribution >= 0.6 is 39.3 Å². The Balaban J connectivity index is 1.75. The fraction of sp³-hybridized carbons (Fsp3) is 0.269. The summed E-state index contributed by atoms with van der Waals surface area (Å²) in [5.41, 5.74) is 0.806. The van der Waals surface area contributed by atoms with E-state index in [-0.39, 0.29) is 40.1 Å². The summed E-state index contributed by atoms with van der Waals surface area (Å²) >= 11 is 10.1. The van der Waals surface area contributed by atoms with Crippen LogP contribution in [-0.4, -0.2) is 67.4 Å². The SMILES string of the molecule is CCOC(=O)c1cc(NC(=O)CN2C(=O)S/C(=C\c3cc(Br)c(OCC(=O)OC)c(OCC)c3)C2=O)ccc1Cl. The molecule has 1 N–H and O–H groups in total. The van der Waals surface area contributed by atoms with E-state index in [4.69, 9.17) is 25.8 Å². The van der Waals surface area contributed by atoms with E-state index >= 15 is 0 Å². The second kappa shape index (κ2) is 14.2. The predicted molar refractivity (Wildman–Crippen MR) is 152 cm³/mol. The van der Waals surface area contributed by atoms with Gasteiger partial charge in [-0.15, -0.1) is 0 Å². The molecular formula is C26H24BrClN2O9S. The van der Waals surface area contributed by atoms with Crippen molar-refractivity contribution in [3.63, 3.8) is 0 Å². The molecule has 0 aromatic heterocycles. The Morgan fingerprint density at radius 1 is 1.10 bits per heavy atom. The van der Waals surface area contributed by atoms with Crippen LogP contribution in [0.25, 0.3) is 6.08 Å². The Morgan fingerprint density at radius 2 is 1.85 bits per heavy atom. The molecule has 1 aliphatic heterocycles. The van der Waals surface area contributed by atoms with E-state index in [0.717, 1.165) is 4.90 Å². The normalized spacial score (nSPS) is 13.8. The average Bonchev–Trinajstić information content (AvgIpc) is 3.16. The number of benzene rings is 2. The van der Waals surface area contributed by atoms with Crippen LogP contribution in [0.15, 0.2) is 39.7 Å². The monoisotopic (exact) mass is 654 g/mol. The number of methoxy groups -OCH3 is 1. The van der Waals surface area contributed by atoms with Gasteiger partial charge in [0.1, 0.15) is 6.54 Å². The lowest BCUT2D eigenvalue weighted by Crippen LogP contribution is -2.36. The number of carbonyl (C=O) groups excluding carboxylic acids is 5. The fourth-order valence-corrected chi connectivity index (χ4v) is 4.97. The lowest BCUT2D eigenvalue weighted by atomic mass is 10.1. The molecule has 0 bridgehead atoms. The number of hydrogen-bond donors (Lipinski definition) is 1. The van der Waals surface area contributed by atoms with Gasteiger partial charge in [-0.1, -0.05) is 11.6 Å². The summed E-state index contributed by atoms with van der Waals surface area (Å²) in [7, 11) is 1.24. The van der Waals surface area contributed by atoms with Gasteiger partial charge in [-0.25, -0.2) is 9.59 Å². The van der Waals surface area contributed by atoms with E-state index in [1.807, 2.05) is 0 Å². The van der Waals surface area contributed by atoms with Gasteiger partial charge in [0, 0.05) is 5.69 Å². The Bertz CT molecular complexity index is 1380. The first-order valence-corrected chi connectivity index (χ1v) is 13.7. The molecule has 0 unspecified atom stereocenters. The highest BCUT2D eigenvalue weighted by Crippen LogP contribution is 2.39. The highest BCUT2D eigenvalue weighted by Gasteiger charge is 2.36. The van der Waals surface area contributed by atoms with E-state index < -0.39 is 35.5 Å². The summed E-state index contributed by atoms with van der Waals surface area (Å²) < 4.78 is 21.1. The van der Waals surface area contributed by atoms with Gasteiger partial charge >= 0.3 is 11.9 Å². The fourth-order valence-electron chi connectivity index (χ4n) is 3.36. The highest BCUT2D eigenvalue weighted by molar-refractivity contribution is 9.10. The maximum Gasteiger partial charge on any atom is 0.343 e. The smallest absolute Gasteiger partial charge is 0.343 e. The molecule has 11 nitrogen and oxygen atoms in total. The summed E-state index contributed by atoms with van der Waals surface area (Å²) in [6, 6.07) is 7.45. The molecule has 1 heterocycles. The standard InChI is InChI=1S/C26H24BrClN2O9S/c1-4-37-19-9-14(8-17(27)23(19)39-13-22(32)36-3)10-20-24(33)30(26(35)40-20)12-21(31)29-15-6-7-18(28)16(11-15)25(34)38-5-2/h6-11H,4-5,12-13H2,1-3H3,(H,29,31)/b20-10-. The number of esters is 2. The highest BCUT2D eigenvalue weighted by atomic mass is 79.9. The van der Waals surface area contributed by atoms with Crippen LogP contribution in [0.3, 0.4) is 0 Å². The van der Waals surface area contributed by atoms with Crippen LogP contribution in [0.5, 0.6) is 11.5 Å². The molecule has 2 aromatic carbocycles. The predicted octanol–water partition coefficient (Wildman–Crippen LogP) is 4.90. The van der Waals surface area contributed by atoms with Gasteiger partial charge in [0.05, 0.1) is 40.3 Å². The lowest BCUT2D eigenvalue weighted by molar-refractivity contribution is -0.143. The number of hydrogen-bond acceptors (Lipinski definition) is 10. The van der Waals surface area contributed by atoms with Crippen molar-refractivity contribution in [2.75, 3.05) is 38.8 Å². The number of imide groups is 1. The molecule has 0 atom stereocenters. The van der Waals surface area contributed by atoms with E-state index in [9.17, 15) is 24.0 Å². The second-order valence-corrected chi connectivity index (χ2v) is 10.1. The average molecular weight is 656 g/mol. The molecule has 3 rings (SSSR count). The number of anilines is 1. The summed E-state index contributed by atoms with van der Waals surface area (Å²) in [6.07, 6.45) is 1.48. The van der Waals surface area contributed by atoms with Gasteiger partial charge in [0.15, 0.2) is 18.1 Å². The summed E-state index contributed by atoms with van der Waals surface area (Å²) in [4.78, 5) is 62.6. The molecule has 0 radical (unpaired) electrons. The van der Waals surface area contributed by atoms with Gasteiger partial charge in [0.25, 0.3) is 11.1 Å². The lowest BCUT2D eigenvalue weighted by Gasteiger charge is -2.14. The number of ether oxygens (including phenoxy) is 4. The quantitative estimate of drug-likeness (QED) is 0.263. The van der Waals surface area contributed by atoms with Crippen molar-refractivity contribution in [3.8, 4) is 11.5 Å². The zero-order valence-corrected chi connectivity index (χ0v) is 24.7. The van der Waals surface area contributed by atoms with Crippen LogP contribution in [0.1, 0.15) is 29.8 Å². The maximum atomic E-state index is 13.0. The molecule has 1 fully saturated rings. The van der Waals surface area contributed by atoms with Crippen molar-refractivity contribution in [2.45, 2.75) is 13.8 Å². The summed E-state index contributed by atoms with van der Waals surface area (Å²) in [6.45, 7) is 2.97. The molecule has 1 aliphatic rings. The van der Waals surface area contributed by atoms with Crippen molar-refractivity contribution in [1.82, 2.24) is 4.90 Å². The molecule has 212 valence electrons. The van der Waals surface area contributed by atoms with Crippen LogP contribution in [0.2, 0.25) is 5.02 Å². The minimum Gasteiger partial charge on any atom is -0.490 e. The zero-order chi connectivity index (χ0) is 29.4. The zero-order valence-electron chi connectivity index (χ0n) is 21.6. The Labute approximate surface area is 247 Å². The van der Waals surface area contributed by atoms with Gasteiger partial charge in [0.2, 0.25) is 5.91 Å². The third-order valence-corrected chi connectivity index (χ3v) is 6.94. The van der Waals surface area contributed by atoms with Crippen LogP contribution in [-0.2, 0) is 23.9 Å². The van der Waals surface area contributed by atoms with Crippen molar-refractivity contribution >= 4 is 80.0 Å². The van der Waals surface area contributed by atoms with Crippen molar-refractivity contribution < 1.29 is 42.9 Å². The van der Waals surface area contributed by atoms with Crippen molar-refractivity contribution in [3.05, 3.63) is 55.9 Å². The molecule has 0 aliphatic carbocycles. The minimum absolute atomic E-state index is 0.0646. The summed E-state index contributed by atoms with van der Waals surface area (Å²) in [5, 5.41) is 2.07. The first-order chi connectivity index (χ1) is 19.1. The van der Waals surface area contributed by atoms with Crippen molar-refractivity contribution in [2.24, 2.45) is 0 Å². The maximum absolute atomic E-state index is 13.0.